The molecule has 60 heavy (non-hydrogen) atoms. The molecule has 3 fully saturated rings. The number of nitrogens with zero attached hydrogens (tertiary/aromatic N) is 5. The van der Waals surface area contributed by atoms with Crippen molar-refractivity contribution >= 4 is 29.7 Å². The number of anilines is 1. The van der Waals surface area contributed by atoms with Crippen molar-refractivity contribution in [3.8, 4) is 11.3 Å². The summed E-state index contributed by atoms with van der Waals surface area (Å²) in [7, 11) is 3.94. The van der Waals surface area contributed by atoms with Crippen molar-refractivity contribution in [3.63, 3.8) is 0 Å². The van der Waals surface area contributed by atoms with E-state index in [0.717, 1.165) is 12.1 Å². The number of H-pyrrole nitrogens is 2. The van der Waals surface area contributed by atoms with E-state index in [4.69, 9.17) is 14.2 Å². The van der Waals surface area contributed by atoms with E-state index in [1.54, 1.807) is 52.1 Å². The van der Waals surface area contributed by atoms with E-state index in [0.29, 0.717) is 81.2 Å². The Morgan fingerprint density at radius 1 is 0.767 bits per heavy atom. The van der Waals surface area contributed by atoms with Gasteiger partial charge in [-0.25, -0.2) is 28.3 Å². The highest BCUT2D eigenvalue weighted by atomic mass is 19.1. The van der Waals surface area contributed by atoms with Crippen LogP contribution in [0.1, 0.15) is 92.4 Å². The van der Waals surface area contributed by atoms with Crippen LogP contribution < -0.4 is 15.5 Å². The molecular formula is C42H51F2N9O7. The number of nitrogens with one attached hydrogen (secondary N) is 4. The molecule has 0 saturated carbocycles. The second-order valence-electron chi connectivity index (χ2n) is 15.4. The minimum absolute atomic E-state index is 0.0605. The van der Waals surface area contributed by atoms with Crippen LogP contribution in [0.3, 0.4) is 0 Å². The summed E-state index contributed by atoms with van der Waals surface area (Å²) in [6.07, 6.45) is 5.24. The van der Waals surface area contributed by atoms with Crippen molar-refractivity contribution in [2.24, 2.45) is 0 Å². The minimum atomic E-state index is -0.977. The van der Waals surface area contributed by atoms with E-state index in [-0.39, 0.29) is 35.0 Å². The van der Waals surface area contributed by atoms with Crippen LogP contribution in [-0.2, 0) is 23.8 Å². The summed E-state index contributed by atoms with van der Waals surface area (Å²) in [5.74, 6) is -0.830. The third kappa shape index (κ3) is 8.78. The van der Waals surface area contributed by atoms with Gasteiger partial charge in [0.25, 0.3) is 5.91 Å². The summed E-state index contributed by atoms with van der Waals surface area (Å²) in [6, 6.07) is 8.81. The van der Waals surface area contributed by atoms with Gasteiger partial charge in [-0.15, -0.1) is 0 Å². The first-order valence-electron chi connectivity index (χ1n) is 20.2. The lowest BCUT2D eigenvalue weighted by atomic mass is 9.93. The Kier molecular flexibility index (Phi) is 13.0. The lowest BCUT2D eigenvalue weighted by molar-refractivity contribution is -0.137. The topological polar surface area (TPSA) is 187 Å². The number of piperidine rings is 1. The molecule has 1 unspecified atom stereocenters. The lowest BCUT2D eigenvalue weighted by Gasteiger charge is -2.33. The standard InChI is InChI=1S/C42H51F2N9O7/c1-24(58-2)34(49-41(56)59-3)39(54)52-16-8-12-32(52)37-45-22-30(47-37)25-14-18-51(19-15-25)36-28(43)20-27(21-29(36)44)31-23-46-38(48-31)33-13-9-17-53(33)40(55)35(50-42(57)60-4)26-10-6-5-7-11-26/h5-7,10-11,20-25,32-35H,8-9,12-19H2,1-4H3,(H,45,47)(H,46,48)(H,49,56)(H,50,57)/t24-,32+,33+,34?,35-/m1/s1. The Bertz CT molecular complexity index is 2140. The summed E-state index contributed by atoms with van der Waals surface area (Å²) in [6.45, 7) is 3.46. The fourth-order valence-corrected chi connectivity index (χ4v) is 8.60. The van der Waals surface area contributed by atoms with Crippen LogP contribution in [0.5, 0.6) is 0 Å². The SMILES string of the molecule is COC(=O)NC(C(=O)N1CCC[C@H]1c1ncc(C2CCN(c3c(F)cc(-c4cnc([C@@H]5CCCN5C(=O)[C@H](NC(=O)OC)c5ccccc5)[nH]4)cc3F)CC2)[nH]1)[C@@H](C)OC. The minimum Gasteiger partial charge on any atom is -0.453 e. The van der Waals surface area contributed by atoms with Gasteiger partial charge in [-0.2, -0.15) is 0 Å². The van der Waals surface area contributed by atoms with Crippen LogP contribution in [0.4, 0.5) is 24.1 Å². The fourth-order valence-electron chi connectivity index (χ4n) is 8.60. The van der Waals surface area contributed by atoms with Gasteiger partial charge in [-0.3, -0.25) is 9.59 Å². The number of methoxy groups -OCH3 is 3. The number of rotatable bonds is 12. The largest absolute Gasteiger partial charge is 0.453 e. The number of carbonyl (C=O) groups excluding carboxylic acids is 4. The highest BCUT2D eigenvalue weighted by Crippen LogP contribution is 2.38. The molecule has 2 aromatic carbocycles. The molecule has 3 aliphatic heterocycles. The van der Waals surface area contributed by atoms with Gasteiger partial charge >= 0.3 is 12.2 Å². The zero-order valence-electron chi connectivity index (χ0n) is 34.1. The Hall–Kier alpha value is -6.04. The molecule has 320 valence electrons. The number of likely N-dealkylation sites (tertiary alicyclic amines) is 2. The molecule has 16 nitrogen and oxygen atoms in total. The van der Waals surface area contributed by atoms with E-state index in [1.807, 2.05) is 6.07 Å². The van der Waals surface area contributed by atoms with Crippen molar-refractivity contribution in [2.75, 3.05) is 52.4 Å². The van der Waals surface area contributed by atoms with Crippen LogP contribution in [0, 0.1) is 11.6 Å². The van der Waals surface area contributed by atoms with Crippen LogP contribution in [-0.4, -0.2) is 113 Å². The maximum Gasteiger partial charge on any atom is 0.407 e. The number of alkyl carbamates (subject to hydrolysis) is 2. The molecule has 0 aliphatic carbocycles. The average molecular weight is 832 g/mol. The van der Waals surface area contributed by atoms with Gasteiger partial charge in [0.05, 0.1) is 44.3 Å². The highest BCUT2D eigenvalue weighted by Gasteiger charge is 2.40. The van der Waals surface area contributed by atoms with E-state index in [1.165, 1.54) is 39.7 Å². The maximum atomic E-state index is 15.9. The van der Waals surface area contributed by atoms with E-state index in [2.05, 4.69) is 30.6 Å². The molecular weight excluding hydrogens is 781 g/mol. The number of hydrogen-bond acceptors (Lipinski definition) is 10. The molecule has 5 heterocycles. The lowest BCUT2D eigenvalue weighted by Crippen LogP contribution is -2.54. The van der Waals surface area contributed by atoms with E-state index in [9.17, 15) is 19.2 Å². The summed E-state index contributed by atoms with van der Waals surface area (Å²) in [5.41, 5.74) is 2.08. The van der Waals surface area contributed by atoms with Gasteiger partial charge in [0, 0.05) is 56.7 Å². The summed E-state index contributed by atoms with van der Waals surface area (Å²) in [5, 5.41) is 5.24. The molecule has 0 radical (unpaired) electrons. The first kappa shape index (κ1) is 42.1. The molecule has 7 rings (SSSR count). The summed E-state index contributed by atoms with van der Waals surface area (Å²) < 4.78 is 46.6. The van der Waals surface area contributed by atoms with E-state index >= 15 is 8.78 Å². The van der Waals surface area contributed by atoms with Gasteiger partial charge in [-0.1, -0.05) is 30.3 Å². The predicted molar refractivity (Wildman–Crippen MR) is 215 cm³/mol. The Morgan fingerprint density at radius 3 is 1.97 bits per heavy atom. The normalized spacial score (nSPS) is 19.8. The number of aromatic nitrogens is 4. The molecule has 0 spiro atoms. The van der Waals surface area contributed by atoms with Crippen molar-refractivity contribution in [1.29, 1.82) is 0 Å². The number of amides is 4. The molecule has 3 saturated heterocycles. The second-order valence-corrected chi connectivity index (χ2v) is 15.4. The predicted octanol–water partition coefficient (Wildman–Crippen LogP) is 5.65. The maximum absolute atomic E-state index is 15.9. The van der Waals surface area contributed by atoms with Crippen LogP contribution in [0.15, 0.2) is 54.9 Å². The number of ether oxygens (including phenoxy) is 3. The highest BCUT2D eigenvalue weighted by molar-refractivity contribution is 5.88. The fraction of sp³-hybridized carbons (Fsp3) is 0.476. The van der Waals surface area contributed by atoms with Crippen molar-refractivity contribution in [1.82, 2.24) is 40.4 Å². The third-order valence-electron chi connectivity index (χ3n) is 11.9. The average Bonchev–Trinajstić information content (AvgIpc) is 4.11. The van der Waals surface area contributed by atoms with Crippen molar-refractivity contribution in [2.45, 2.75) is 81.6 Å². The Balaban J connectivity index is 0.994. The van der Waals surface area contributed by atoms with Gasteiger partial charge in [-0.05, 0) is 63.1 Å². The molecule has 4 aromatic rings. The van der Waals surface area contributed by atoms with Crippen LogP contribution in [0.25, 0.3) is 11.3 Å². The van der Waals surface area contributed by atoms with Gasteiger partial charge in [0.1, 0.15) is 41.1 Å². The Morgan fingerprint density at radius 2 is 1.35 bits per heavy atom. The van der Waals surface area contributed by atoms with Crippen LogP contribution in [0.2, 0.25) is 0 Å². The molecule has 0 bridgehead atoms. The first-order valence-corrected chi connectivity index (χ1v) is 20.2. The number of carbonyl (C=O) groups is 4. The quantitative estimate of drug-likeness (QED) is 0.139. The molecule has 2 aromatic heterocycles. The molecule has 4 amide bonds. The van der Waals surface area contributed by atoms with Gasteiger partial charge in [0.15, 0.2) is 0 Å². The number of hydrogen-bond donors (Lipinski definition) is 4. The zero-order valence-corrected chi connectivity index (χ0v) is 34.1. The van der Waals surface area contributed by atoms with Crippen molar-refractivity contribution in [3.05, 3.63) is 89.4 Å². The third-order valence-corrected chi connectivity index (χ3v) is 11.9. The van der Waals surface area contributed by atoms with Crippen molar-refractivity contribution < 1.29 is 42.2 Å². The number of imidazole rings is 2. The number of benzene rings is 2. The summed E-state index contributed by atoms with van der Waals surface area (Å²) >= 11 is 0. The smallest absolute Gasteiger partial charge is 0.407 e. The second kappa shape index (κ2) is 18.5. The van der Waals surface area contributed by atoms with E-state index < -0.39 is 48.1 Å². The molecule has 18 heteroatoms. The summed E-state index contributed by atoms with van der Waals surface area (Å²) in [4.78, 5) is 72.6. The van der Waals surface area contributed by atoms with Crippen LogP contribution >= 0.6 is 0 Å². The number of aromatic amines is 2. The molecule has 3 aliphatic rings. The number of halogens is 2. The Labute approximate surface area is 346 Å². The molecule has 4 N–H and O–H groups in total. The monoisotopic (exact) mass is 831 g/mol. The van der Waals surface area contributed by atoms with Gasteiger partial charge < -0.3 is 49.5 Å². The zero-order chi connectivity index (χ0) is 42.5. The first-order chi connectivity index (χ1) is 29.0. The van der Waals surface area contributed by atoms with Gasteiger partial charge in [0.2, 0.25) is 5.91 Å². The molecule has 5 atom stereocenters.